The van der Waals surface area contributed by atoms with Crippen LogP contribution >= 0.6 is 0 Å². The van der Waals surface area contributed by atoms with Crippen molar-refractivity contribution in [1.82, 2.24) is 4.98 Å². The quantitative estimate of drug-likeness (QED) is 0.833. The van der Waals surface area contributed by atoms with Crippen molar-refractivity contribution >= 4 is 16.7 Å². The predicted molar refractivity (Wildman–Crippen MR) is 60.3 cm³/mol. The highest BCUT2D eigenvalue weighted by Crippen LogP contribution is 2.48. The van der Waals surface area contributed by atoms with E-state index >= 15 is 0 Å². The molecule has 1 aliphatic rings. The molecule has 0 amide bonds. The van der Waals surface area contributed by atoms with Crippen LogP contribution in [0.2, 0.25) is 0 Å². The number of nitrogens with zero attached hydrogens (tertiary/aromatic N) is 1. The van der Waals surface area contributed by atoms with E-state index in [0.717, 1.165) is 29.2 Å². The van der Waals surface area contributed by atoms with Crippen LogP contribution < -0.4 is 0 Å². The summed E-state index contributed by atoms with van der Waals surface area (Å²) in [5.41, 5.74) is 0.282. The van der Waals surface area contributed by atoms with E-state index in [4.69, 9.17) is 0 Å². The molecule has 16 heavy (non-hydrogen) atoms. The Hall–Kier alpha value is -1.90. The zero-order valence-corrected chi connectivity index (χ0v) is 8.68. The Balaban J connectivity index is 2.16. The van der Waals surface area contributed by atoms with Crippen molar-refractivity contribution < 1.29 is 9.90 Å². The van der Waals surface area contributed by atoms with Crippen molar-refractivity contribution in [2.75, 3.05) is 0 Å². The van der Waals surface area contributed by atoms with E-state index < -0.39 is 11.4 Å². The Morgan fingerprint density at radius 1 is 1.25 bits per heavy atom. The number of aliphatic carboxylic acids is 1. The van der Waals surface area contributed by atoms with E-state index in [2.05, 4.69) is 4.98 Å². The standard InChI is InChI=1S/C13H11NO2/c15-12(16)13(4-5-13)11-2-1-9-3-6-14-8-10(9)7-11/h1-3,6-8H,4-5H2,(H,15,16). The van der Waals surface area contributed by atoms with E-state index in [-0.39, 0.29) is 0 Å². The van der Waals surface area contributed by atoms with Crippen molar-refractivity contribution in [3.63, 3.8) is 0 Å². The van der Waals surface area contributed by atoms with Crippen LogP contribution in [0.15, 0.2) is 36.7 Å². The van der Waals surface area contributed by atoms with Gasteiger partial charge in [-0.15, -0.1) is 0 Å². The molecule has 1 aromatic heterocycles. The summed E-state index contributed by atoms with van der Waals surface area (Å²) in [5.74, 6) is -0.712. The maximum Gasteiger partial charge on any atom is 0.314 e. The molecule has 0 bridgehead atoms. The molecule has 0 unspecified atom stereocenters. The maximum atomic E-state index is 11.2. The number of aromatic nitrogens is 1. The molecule has 1 saturated carbocycles. The number of rotatable bonds is 2. The molecular weight excluding hydrogens is 202 g/mol. The van der Waals surface area contributed by atoms with Crippen molar-refractivity contribution in [2.24, 2.45) is 0 Å². The van der Waals surface area contributed by atoms with Gasteiger partial charge in [-0.2, -0.15) is 0 Å². The second-order valence-corrected chi connectivity index (χ2v) is 4.32. The lowest BCUT2D eigenvalue weighted by Gasteiger charge is -2.10. The van der Waals surface area contributed by atoms with Gasteiger partial charge in [-0.05, 0) is 35.9 Å². The number of carbonyl (C=O) groups is 1. The first-order valence-electron chi connectivity index (χ1n) is 5.30. The third kappa shape index (κ3) is 1.21. The maximum absolute atomic E-state index is 11.2. The molecule has 3 heteroatoms. The molecular formula is C13H11NO2. The molecule has 3 nitrogen and oxygen atoms in total. The molecule has 1 fully saturated rings. The van der Waals surface area contributed by atoms with Crippen molar-refractivity contribution in [3.8, 4) is 0 Å². The van der Waals surface area contributed by atoms with Gasteiger partial charge in [0.15, 0.2) is 0 Å². The summed E-state index contributed by atoms with van der Waals surface area (Å²) in [7, 11) is 0. The van der Waals surface area contributed by atoms with Crippen LogP contribution in [-0.2, 0) is 10.2 Å². The topological polar surface area (TPSA) is 50.2 Å². The van der Waals surface area contributed by atoms with Gasteiger partial charge in [-0.1, -0.05) is 12.1 Å². The molecule has 0 aliphatic heterocycles. The fraction of sp³-hybridized carbons (Fsp3) is 0.231. The Morgan fingerprint density at radius 3 is 2.75 bits per heavy atom. The van der Waals surface area contributed by atoms with Crippen LogP contribution in [0.25, 0.3) is 10.8 Å². The van der Waals surface area contributed by atoms with E-state index in [1.807, 2.05) is 24.3 Å². The van der Waals surface area contributed by atoms with Gasteiger partial charge in [-0.3, -0.25) is 9.78 Å². The second kappa shape index (κ2) is 3.04. The lowest BCUT2D eigenvalue weighted by molar-refractivity contribution is -0.140. The zero-order valence-electron chi connectivity index (χ0n) is 8.68. The summed E-state index contributed by atoms with van der Waals surface area (Å²) >= 11 is 0. The van der Waals surface area contributed by atoms with Crippen LogP contribution in [0.4, 0.5) is 0 Å². The molecule has 1 heterocycles. The highest BCUT2D eigenvalue weighted by Gasteiger charge is 2.51. The monoisotopic (exact) mass is 213 g/mol. The predicted octanol–water partition coefficient (Wildman–Crippen LogP) is 2.35. The summed E-state index contributed by atoms with van der Waals surface area (Å²) < 4.78 is 0. The van der Waals surface area contributed by atoms with Gasteiger partial charge in [0.25, 0.3) is 0 Å². The van der Waals surface area contributed by atoms with Crippen LogP contribution in [0.5, 0.6) is 0 Å². The van der Waals surface area contributed by atoms with Crippen molar-refractivity contribution in [1.29, 1.82) is 0 Å². The van der Waals surface area contributed by atoms with Gasteiger partial charge < -0.3 is 5.11 Å². The minimum Gasteiger partial charge on any atom is -0.481 e. The lowest BCUT2D eigenvalue weighted by atomic mass is 9.94. The zero-order chi connectivity index (χ0) is 11.2. The number of carboxylic acids is 1. The molecule has 0 saturated heterocycles. The molecule has 0 atom stereocenters. The van der Waals surface area contributed by atoms with Gasteiger partial charge in [-0.25, -0.2) is 0 Å². The Morgan fingerprint density at radius 2 is 2.06 bits per heavy atom. The molecule has 1 N–H and O–H groups in total. The highest BCUT2D eigenvalue weighted by atomic mass is 16.4. The summed E-state index contributed by atoms with van der Waals surface area (Å²) in [6.45, 7) is 0. The van der Waals surface area contributed by atoms with E-state index in [1.54, 1.807) is 12.4 Å². The third-order valence-corrected chi connectivity index (χ3v) is 3.35. The number of benzene rings is 1. The molecule has 1 aromatic carbocycles. The first kappa shape index (κ1) is 9.33. The largest absolute Gasteiger partial charge is 0.481 e. The molecule has 0 spiro atoms. The van der Waals surface area contributed by atoms with Gasteiger partial charge in [0, 0.05) is 17.8 Å². The normalized spacial score (nSPS) is 17.2. The van der Waals surface area contributed by atoms with Gasteiger partial charge in [0.2, 0.25) is 0 Å². The fourth-order valence-electron chi connectivity index (χ4n) is 2.13. The van der Waals surface area contributed by atoms with Crippen LogP contribution in [-0.4, -0.2) is 16.1 Å². The number of hydrogen-bond donors (Lipinski definition) is 1. The van der Waals surface area contributed by atoms with E-state index in [9.17, 15) is 9.90 Å². The summed E-state index contributed by atoms with van der Waals surface area (Å²) in [4.78, 5) is 15.3. The third-order valence-electron chi connectivity index (χ3n) is 3.35. The Kier molecular flexibility index (Phi) is 1.78. The van der Waals surface area contributed by atoms with Gasteiger partial charge in [0.1, 0.15) is 0 Å². The minimum absolute atomic E-state index is 0.621. The summed E-state index contributed by atoms with van der Waals surface area (Å²) in [6, 6.07) is 7.77. The van der Waals surface area contributed by atoms with Crippen LogP contribution in [0, 0.1) is 0 Å². The number of fused-ring (bicyclic) bond motifs is 1. The van der Waals surface area contributed by atoms with E-state index in [1.165, 1.54) is 0 Å². The van der Waals surface area contributed by atoms with Gasteiger partial charge >= 0.3 is 5.97 Å². The van der Waals surface area contributed by atoms with Crippen LogP contribution in [0.1, 0.15) is 18.4 Å². The molecule has 3 rings (SSSR count). The summed E-state index contributed by atoms with van der Waals surface area (Å²) in [5, 5.41) is 11.3. The Labute approximate surface area is 92.7 Å². The number of pyridine rings is 1. The first-order valence-corrected chi connectivity index (χ1v) is 5.30. The summed E-state index contributed by atoms with van der Waals surface area (Å²) in [6.07, 6.45) is 5.01. The Bertz CT molecular complexity index is 573. The fourth-order valence-corrected chi connectivity index (χ4v) is 2.13. The average molecular weight is 213 g/mol. The smallest absolute Gasteiger partial charge is 0.314 e. The van der Waals surface area contributed by atoms with Crippen molar-refractivity contribution in [3.05, 3.63) is 42.2 Å². The highest BCUT2D eigenvalue weighted by molar-refractivity contribution is 5.88. The second-order valence-electron chi connectivity index (χ2n) is 4.32. The molecule has 2 aromatic rings. The minimum atomic E-state index is -0.712. The molecule has 80 valence electrons. The van der Waals surface area contributed by atoms with Gasteiger partial charge in [0.05, 0.1) is 5.41 Å². The van der Waals surface area contributed by atoms with Crippen molar-refractivity contribution in [2.45, 2.75) is 18.3 Å². The number of carboxylic acid groups (broad SMARTS) is 1. The first-order chi connectivity index (χ1) is 7.72. The van der Waals surface area contributed by atoms with E-state index in [0.29, 0.717) is 0 Å². The molecule has 0 radical (unpaired) electrons. The van der Waals surface area contributed by atoms with Crippen LogP contribution in [0.3, 0.4) is 0 Å². The lowest BCUT2D eigenvalue weighted by Crippen LogP contribution is -2.19. The SMILES string of the molecule is O=C(O)C1(c2ccc3ccncc3c2)CC1. The average Bonchev–Trinajstić information content (AvgIpc) is 3.09. The molecule has 1 aliphatic carbocycles. The number of hydrogen-bond acceptors (Lipinski definition) is 2.